The van der Waals surface area contributed by atoms with E-state index in [1.54, 1.807) is 0 Å². The first-order valence-electron chi connectivity index (χ1n) is 5.83. The third-order valence-electron chi connectivity index (χ3n) is 2.30. The van der Waals surface area contributed by atoms with Crippen LogP contribution >= 0.6 is 11.5 Å². The summed E-state index contributed by atoms with van der Waals surface area (Å²) in [5, 5.41) is 7.91. The lowest BCUT2D eigenvalue weighted by molar-refractivity contribution is 0.298. The minimum Gasteiger partial charge on any atom is -0.487 e. The third-order valence-corrected chi connectivity index (χ3v) is 3.03. The first-order chi connectivity index (χ1) is 9.19. The second kappa shape index (κ2) is 6.42. The van der Waals surface area contributed by atoms with Crippen LogP contribution in [0.25, 0.3) is 0 Å². The Morgan fingerprint density at radius 1 is 1.26 bits per heavy atom. The van der Waals surface area contributed by atoms with E-state index >= 15 is 0 Å². The highest BCUT2D eigenvalue weighted by Crippen LogP contribution is 2.21. The molecule has 0 amide bonds. The van der Waals surface area contributed by atoms with E-state index < -0.39 is 11.6 Å². The Morgan fingerprint density at radius 3 is 2.68 bits per heavy atom. The average molecular weight is 285 g/mol. The van der Waals surface area contributed by atoms with E-state index in [-0.39, 0.29) is 12.4 Å². The van der Waals surface area contributed by atoms with Crippen LogP contribution in [0.15, 0.2) is 18.2 Å². The number of aromatic nitrogens is 2. The van der Waals surface area contributed by atoms with Crippen LogP contribution in [-0.2, 0) is 6.61 Å². The van der Waals surface area contributed by atoms with E-state index in [0.717, 1.165) is 36.2 Å². The van der Waals surface area contributed by atoms with E-state index in [4.69, 9.17) is 4.74 Å². The molecular formula is C12H13F2N3OS. The minimum atomic E-state index is -0.671. The standard InChI is InChI=1S/C12H13F2N3OS/c1-2-3-15-12-11(16-17-19-12)7-18-10-5-8(13)4-9(14)6-10/h4-6,15H,2-3,7H2,1H3. The number of hydrogen-bond donors (Lipinski definition) is 1. The SMILES string of the molecule is CCCNc1snnc1COc1cc(F)cc(F)c1. The van der Waals surface area contributed by atoms with Crippen molar-refractivity contribution in [2.45, 2.75) is 20.0 Å². The predicted octanol–water partition coefficient (Wildman–Crippen LogP) is 3.22. The smallest absolute Gasteiger partial charge is 0.136 e. The molecule has 0 spiro atoms. The van der Waals surface area contributed by atoms with Crippen molar-refractivity contribution < 1.29 is 13.5 Å². The predicted molar refractivity (Wildman–Crippen MR) is 69.4 cm³/mol. The highest BCUT2D eigenvalue weighted by Gasteiger charge is 2.09. The number of halogens is 2. The van der Waals surface area contributed by atoms with Gasteiger partial charge in [-0.05, 0) is 6.42 Å². The number of ether oxygens (including phenoxy) is 1. The molecule has 0 fully saturated rings. The Kier molecular flexibility index (Phi) is 4.62. The van der Waals surface area contributed by atoms with Gasteiger partial charge in [-0.25, -0.2) is 8.78 Å². The first kappa shape index (κ1) is 13.7. The van der Waals surface area contributed by atoms with Crippen LogP contribution in [0.2, 0.25) is 0 Å². The summed E-state index contributed by atoms with van der Waals surface area (Å²) in [7, 11) is 0. The van der Waals surface area contributed by atoms with Gasteiger partial charge < -0.3 is 10.1 Å². The van der Waals surface area contributed by atoms with Crippen molar-refractivity contribution in [3.8, 4) is 5.75 Å². The van der Waals surface area contributed by atoms with Crippen molar-refractivity contribution in [1.29, 1.82) is 0 Å². The Hall–Kier alpha value is -1.76. The number of nitrogens with one attached hydrogen (secondary N) is 1. The van der Waals surface area contributed by atoms with Gasteiger partial charge in [0.15, 0.2) is 0 Å². The van der Waals surface area contributed by atoms with Crippen LogP contribution in [0.5, 0.6) is 5.75 Å². The Labute approximate surface area is 113 Å². The summed E-state index contributed by atoms with van der Waals surface area (Å²) < 4.78 is 35.1. The Morgan fingerprint density at radius 2 is 2.00 bits per heavy atom. The summed E-state index contributed by atoms with van der Waals surface area (Å²) in [6.45, 7) is 2.98. The lowest BCUT2D eigenvalue weighted by atomic mass is 10.3. The van der Waals surface area contributed by atoms with Crippen molar-refractivity contribution in [1.82, 2.24) is 9.59 Å². The molecule has 19 heavy (non-hydrogen) atoms. The molecule has 1 N–H and O–H groups in total. The molecule has 1 heterocycles. The van der Waals surface area contributed by atoms with Crippen molar-refractivity contribution in [3.63, 3.8) is 0 Å². The van der Waals surface area contributed by atoms with Gasteiger partial charge in [0.2, 0.25) is 0 Å². The summed E-state index contributed by atoms with van der Waals surface area (Å²) in [5.74, 6) is -1.21. The van der Waals surface area contributed by atoms with Crippen LogP contribution in [0, 0.1) is 11.6 Å². The zero-order chi connectivity index (χ0) is 13.7. The lowest BCUT2D eigenvalue weighted by Gasteiger charge is -2.06. The highest BCUT2D eigenvalue weighted by atomic mass is 32.1. The lowest BCUT2D eigenvalue weighted by Crippen LogP contribution is -2.04. The minimum absolute atomic E-state index is 0.117. The molecule has 0 bridgehead atoms. The molecule has 0 aliphatic heterocycles. The zero-order valence-corrected chi connectivity index (χ0v) is 11.1. The van der Waals surface area contributed by atoms with Gasteiger partial charge in [0.05, 0.1) is 0 Å². The van der Waals surface area contributed by atoms with Gasteiger partial charge in [-0.2, -0.15) is 0 Å². The molecular weight excluding hydrogens is 272 g/mol. The molecule has 1 aromatic carbocycles. The van der Waals surface area contributed by atoms with Gasteiger partial charge in [0, 0.05) is 36.3 Å². The van der Waals surface area contributed by atoms with E-state index in [1.165, 1.54) is 11.5 Å². The summed E-state index contributed by atoms with van der Waals surface area (Å²) in [5.41, 5.74) is 0.628. The molecule has 4 nitrogen and oxygen atoms in total. The van der Waals surface area contributed by atoms with Crippen molar-refractivity contribution in [2.75, 3.05) is 11.9 Å². The maximum Gasteiger partial charge on any atom is 0.136 e. The molecule has 0 unspecified atom stereocenters. The van der Waals surface area contributed by atoms with Crippen LogP contribution < -0.4 is 10.1 Å². The maximum atomic E-state index is 13.0. The molecule has 0 radical (unpaired) electrons. The second-order valence-corrected chi connectivity index (χ2v) is 4.62. The van der Waals surface area contributed by atoms with Gasteiger partial charge in [0.1, 0.15) is 34.7 Å². The topological polar surface area (TPSA) is 47.0 Å². The number of anilines is 1. The summed E-state index contributed by atoms with van der Waals surface area (Å²) in [6.07, 6.45) is 0.979. The molecule has 7 heteroatoms. The van der Waals surface area contributed by atoms with Gasteiger partial charge in [-0.3, -0.25) is 0 Å². The molecule has 2 rings (SSSR count). The van der Waals surface area contributed by atoms with Gasteiger partial charge >= 0.3 is 0 Å². The summed E-state index contributed by atoms with van der Waals surface area (Å²) in [6, 6.07) is 3.05. The fraction of sp³-hybridized carbons (Fsp3) is 0.333. The number of hydrogen-bond acceptors (Lipinski definition) is 5. The second-order valence-electron chi connectivity index (χ2n) is 3.87. The Balaban J connectivity index is 2.00. The monoisotopic (exact) mass is 285 g/mol. The fourth-order valence-corrected chi connectivity index (χ4v) is 2.03. The van der Waals surface area contributed by atoms with E-state index in [2.05, 4.69) is 14.9 Å². The summed E-state index contributed by atoms with van der Waals surface area (Å²) in [4.78, 5) is 0. The largest absolute Gasteiger partial charge is 0.487 e. The van der Waals surface area contributed by atoms with Gasteiger partial charge in [-0.15, -0.1) is 5.10 Å². The third kappa shape index (κ3) is 3.85. The van der Waals surface area contributed by atoms with Gasteiger partial charge in [-0.1, -0.05) is 11.4 Å². The number of rotatable bonds is 6. The summed E-state index contributed by atoms with van der Waals surface area (Å²) >= 11 is 1.23. The molecule has 2 aromatic rings. The highest BCUT2D eigenvalue weighted by molar-refractivity contribution is 7.10. The first-order valence-corrected chi connectivity index (χ1v) is 6.60. The van der Waals surface area contributed by atoms with Crippen molar-refractivity contribution in [2.24, 2.45) is 0 Å². The normalized spacial score (nSPS) is 10.5. The molecule has 102 valence electrons. The fourth-order valence-electron chi connectivity index (χ4n) is 1.44. The molecule has 0 atom stereocenters. The average Bonchev–Trinajstić information content (AvgIpc) is 2.80. The van der Waals surface area contributed by atoms with Gasteiger partial charge in [0.25, 0.3) is 0 Å². The quantitative estimate of drug-likeness (QED) is 0.885. The number of nitrogens with zero attached hydrogens (tertiary/aromatic N) is 2. The van der Waals surface area contributed by atoms with Crippen LogP contribution in [-0.4, -0.2) is 16.1 Å². The Bertz CT molecular complexity index is 527. The van der Waals surface area contributed by atoms with E-state index in [1.807, 2.05) is 6.92 Å². The zero-order valence-electron chi connectivity index (χ0n) is 10.3. The van der Waals surface area contributed by atoms with E-state index in [0.29, 0.717) is 5.69 Å². The van der Waals surface area contributed by atoms with Crippen molar-refractivity contribution in [3.05, 3.63) is 35.5 Å². The van der Waals surface area contributed by atoms with Crippen LogP contribution in [0.4, 0.5) is 13.8 Å². The maximum absolute atomic E-state index is 13.0. The molecule has 0 saturated carbocycles. The number of benzene rings is 1. The van der Waals surface area contributed by atoms with Crippen LogP contribution in [0.1, 0.15) is 19.0 Å². The van der Waals surface area contributed by atoms with E-state index in [9.17, 15) is 8.78 Å². The molecule has 0 aliphatic carbocycles. The molecule has 0 saturated heterocycles. The van der Waals surface area contributed by atoms with Crippen molar-refractivity contribution >= 4 is 16.5 Å². The van der Waals surface area contributed by atoms with Crippen LogP contribution in [0.3, 0.4) is 0 Å². The molecule has 0 aliphatic rings. The molecule has 1 aromatic heterocycles.